The predicted octanol–water partition coefficient (Wildman–Crippen LogP) is 3.94. The fourth-order valence-electron chi connectivity index (χ4n) is 3.56. The first-order valence-corrected chi connectivity index (χ1v) is 9.03. The largest absolute Gasteiger partial charge is 0.467 e. The van der Waals surface area contributed by atoms with Crippen LogP contribution >= 0.6 is 0 Å². The Morgan fingerprint density at radius 3 is 2.65 bits per heavy atom. The molecule has 0 fully saturated rings. The molecule has 1 N–H and O–H groups in total. The summed E-state index contributed by atoms with van der Waals surface area (Å²) in [7, 11) is 0. The van der Waals surface area contributed by atoms with Crippen molar-refractivity contribution in [1.29, 1.82) is 0 Å². The number of anilines is 1. The summed E-state index contributed by atoms with van der Waals surface area (Å²) in [5, 5.41) is 3.38. The van der Waals surface area contributed by atoms with Gasteiger partial charge in [-0.05, 0) is 42.2 Å². The minimum absolute atomic E-state index is 0.0876. The van der Waals surface area contributed by atoms with Crippen LogP contribution in [0.1, 0.15) is 29.3 Å². The van der Waals surface area contributed by atoms with Crippen molar-refractivity contribution in [2.24, 2.45) is 0 Å². The van der Waals surface area contributed by atoms with Crippen LogP contribution in [0.2, 0.25) is 0 Å². The standard InChI is InChI=1S/C22H22N2O2/c25-21(24-14-6-11-17-8-4-5-12-19(17)24)16-23-22(20-13-7-15-26-20)18-9-2-1-3-10-18/h1-5,7-10,12-13,15,22-23H,6,11,14,16H2/t22-/m0/s1. The molecule has 4 rings (SSSR count). The van der Waals surface area contributed by atoms with Crippen molar-refractivity contribution in [3.05, 3.63) is 89.9 Å². The number of hydrogen-bond acceptors (Lipinski definition) is 3. The number of amides is 1. The van der Waals surface area contributed by atoms with Crippen molar-refractivity contribution in [3.63, 3.8) is 0 Å². The van der Waals surface area contributed by atoms with Crippen molar-refractivity contribution < 1.29 is 9.21 Å². The molecule has 0 radical (unpaired) electrons. The molecule has 1 aromatic heterocycles. The molecular formula is C22H22N2O2. The third-order valence-electron chi connectivity index (χ3n) is 4.83. The number of aryl methyl sites for hydroxylation is 1. The number of hydrogen-bond donors (Lipinski definition) is 1. The average Bonchev–Trinajstić information content (AvgIpc) is 3.23. The second-order valence-electron chi connectivity index (χ2n) is 6.52. The van der Waals surface area contributed by atoms with Gasteiger partial charge in [0.2, 0.25) is 5.91 Å². The van der Waals surface area contributed by atoms with Gasteiger partial charge in [0.1, 0.15) is 5.76 Å². The highest BCUT2D eigenvalue weighted by Gasteiger charge is 2.24. The van der Waals surface area contributed by atoms with Gasteiger partial charge >= 0.3 is 0 Å². The molecule has 132 valence electrons. The van der Waals surface area contributed by atoms with E-state index in [2.05, 4.69) is 11.4 Å². The number of carbonyl (C=O) groups is 1. The third kappa shape index (κ3) is 3.41. The summed E-state index contributed by atoms with van der Waals surface area (Å²) in [6.07, 6.45) is 3.70. The summed E-state index contributed by atoms with van der Waals surface area (Å²) in [6.45, 7) is 1.03. The lowest BCUT2D eigenvalue weighted by atomic mass is 10.0. The lowest BCUT2D eigenvalue weighted by Crippen LogP contribution is -2.42. The van der Waals surface area contributed by atoms with E-state index >= 15 is 0 Å². The monoisotopic (exact) mass is 346 g/mol. The van der Waals surface area contributed by atoms with E-state index in [1.807, 2.05) is 65.6 Å². The fraction of sp³-hybridized carbons (Fsp3) is 0.227. The zero-order chi connectivity index (χ0) is 17.8. The summed E-state index contributed by atoms with van der Waals surface area (Å²) in [5.74, 6) is 0.896. The fourth-order valence-corrected chi connectivity index (χ4v) is 3.56. The summed E-state index contributed by atoms with van der Waals surface area (Å²) in [5.41, 5.74) is 3.37. The number of rotatable bonds is 5. The van der Waals surface area contributed by atoms with Gasteiger partial charge in [-0.2, -0.15) is 0 Å². The molecule has 0 spiro atoms. The van der Waals surface area contributed by atoms with E-state index in [0.29, 0.717) is 0 Å². The SMILES string of the molecule is O=C(CN[C@@H](c1ccccc1)c1ccco1)N1CCCc2ccccc21. The van der Waals surface area contributed by atoms with Crippen LogP contribution in [-0.2, 0) is 11.2 Å². The Kier molecular flexibility index (Phi) is 4.84. The van der Waals surface area contributed by atoms with E-state index < -0.39 is 0 Å². The number of para-hydroxylation sites is 1. The first-order valence-electron chi connectivity index (χ1n) is 9.03. The molecule has 1 atom stereocenters. The lowest BCUT2D eigenvalue weighted by Gasteiger charge is -2.30. The highest BCUT2D eigenvalue weighted by atomic mass is 16.3. The summed E-state index contributed by atoms with van der Waals surface area (Å²) in [4.78, 5) is 14.8. The van der Waals surface area contributed by atoms with E-state index in [1.54, 1.807) is 6.26 Å². The highest BCUT2D eigenvalue weighted by Crippen LogP contribution is 2.27. The number of carbonyl (C=O) groups excluding carboxylic acids is 1. The van der Waals surface area contributed by atoms with E-state index in [-0.39, 0.29) is 18.5 Å². The van der Waals surface area contributed by atoms with Crippen LogP contribution in [0.4, 0.5) is 5.69 Å². The van der Waals surface area contributed by atoms with Gasteiger partial charge in [-0.25, -0.2) is 0 Å². The molecule has 26 heavy (non-hydrogen) atoms. The van der Waals surface area contributed by atoms with Gasteiger partial charge in [0.05, 0.1) is 18.8 Å². The number of nitrogens with one attached hydrogen (secondary N) is 1. The van der Waals surface area contributed by atoms with Crippen LogP contribution in [-0.4, -0.2) is 19.0 Å². The minimum atomic E-state index is -0.143. The maximum absolute atomic E-state index is 12.9. The Morgan fingerprint density at radius 2 is 1.85 bits per heavy atom. The Bertz CT molecular complexity index is 859. The van der Waals surface area contributed by atoms with E-state index in [4.69, 9.17) is 4.42 Å². The molecule has 1 aliphatic heterocycles. The predicted molar refractivity (Wildman–Crippen MR) is 102 cm³/mol. The number of nitrogens with zero attached hydrogens (tertiary/aromatic N) is 1. The highest BCUT2D eigenvalue weighted by molar-refractivity contribution is 5.96. The van der Waals surface area contributed by atoms with Crippen LogP contribution in [0.15, 0.2) is 77.4 Å². The summed E-state index contributed by atoms with van der Waals surface area (Å²) in [6, 6.07) is 21.9. The first kappa shape index (κ1) is 16.6. The summed E-state index contributed by atoms with van der Waals surface area (Å²) >= 11 is 0. The molecule has 4 heteroatoms. The van der Waals surface area contributed by atoms with Crippen LogP contribution < -0.4 is 10.2 Å². The molecular weight excluding hydrogens is 324 g/mol. The Morgan fingerprint density at radius 1 is 1.04 bits per heavy atom. The second kappa shape index (κ2) is 7.58. The quantitative estimate of drug-likeness (QED) is 0.761. The van der Waals surface area contributed by atoms with Gasteiger partial charge in [-0.1, -0.05) is 48.5 Å². The molecule has 0 unspecified atom stereocenters. The Labute approximate surface area is 153 Å². The molecule has 0 saturated heterocycles. The van der Waals surface area contributed by atoms with Gasteiger partial charge in [0, 0.05) is 12.2 Å². The van der Waals surface area contributed by atoms with Crippen molar-refractivity contribution >= 4 is 11.6 Å². The number of furan rings is 1. The molecule has 0 aliphatic carbocycles. The van der Waals surface area contributed by atoms with Gasteiger partial charge in [-0.3, -0.25) is 10.1 Å². The zero-order valence-corrected chi connectivity index (χ0v) is 14.6. The second-order valence-corrected chi connectivity index (χ2v) is 6.52. The Hall–Kier alpha value is -2.85. The first-order chi connectivity index (χ1) is 12.8. The smallest absolute Gasteiger partial charge is 0.240 e. The molecule has 3 aromatic rings. The molecule has 0 saturated carbocycles. The molecule has 0 bridgehead atoms. The normalized spacial score (nSPS) is 14.7. The molecule has 4 nitrogen and oxygen atoms in total. The van der Waals surface area contributed by atoms with Gasteiger partial charge in [-0.15, -0.1) is 0 Å². The third-order valence-corrected chi connectivity index (χ3v) is 4.83. The van der Waals surface area contributed by atoms with Gasteiger partial charge < -0.3 is 9.32 Å². The van der Waals surface area contributed by atoms with E-state index in [0.717, 1.165) is 36.4 Å². The molecule has 2 aromatic carbocycles. The molecule has 2 heterocycles. The van der Waals surface area contributed by atoms with Crippen molar-refractivity contribution in [1.82, 2.24) is 5.32 Å². The maximum Gasteiger partial charge on any atom is 0.240 e. The van der Waals surface area contributed by atoms with E-state index in [9.17, 15) is 4.79 Å². The van der Waals surface area contributed by atoms with Crippen LogP contribution in [0.3, 0.4) is 0 Å². The van der Waals surface area contributed by atoms with Crippen LogP contribution in [0, 0.1) is 0 Å². The molecule has 1 aliphatic rings. The van der Waals surface area contributed by atoms with Crippen molar-refractivity contribution in [2.75, 3.05) is 18.0 Å². The van der Waals surface area contributed by atoms with Crippen molar-refractivity contribution in [2.45, 2.75) is 18.9 Å². The van der Waals surface area contributed by atoms with Crippen LogP contribution in [0.5, 0.6) is 0 Å². The van der Waals surface area contributed by atoms with Crippen LogP contribution in [0.25, 0.3) is 0 Å². The number of fused-ring (bicyclic) bond motifs is 1. The number of benzene rings is 2. The topological polar surface area (TPSA) is 45.5 Å². The van der Waals surface area contributed by atoms with E-state index in [1.165, 1.54) is 5.56 Å². The van der Waals surface area contributed by atoms with Crippen molar-refractivity contribution in [3.8, 4) is 0 Å². The van der Waals surface area contributed by atoms with Gasteiger partial charge in [0.15, 0.2) is 0 Å². The zero-order valence-electron chi connectivity index (χ0n) is 14.6. The summed E-state index contributed by atoms with van der Waals surface area (Å²) < 4.78 is 5.60. The minimum Gasteiger partial charge on any atom is -0.467 e. The van der Waals surface area contributed by atoms with Gasteiger partial charge in [0.25, 0.3) is 0 Å². The maximum atomic E-state index is 12.9. The Balaban J connectivity index is 1.51. The lowest BCUT2D eigenvalue weighted by molar-refractivity contribution is -0.118. The molecule has 1 amide bonds. The average molecular weight is 346 g/mol.